The van der Waals surface area contributed by atoms with Gasteiger partial charge in [-0.05, 0) is 44.0 Å². The van der Waals surface area contributed by atoms with Gasteiger partial charge in [-0.25, -0.2) is 4.98 Å². The molecule has 0 bridgehead atoms. The number of para-hydroxylation sites is 2. The Morgan fingerprint density at radius 3 is 3.04 bits per heavy atom. The molecule has 1 saturated carbocycles. The molecular weight excluding hydrogens is 338 g/mol. The molecule has 138 valence electrons. The van der Waals surface area contributed by atoms with Crippen LogP contribution in [0.4, 0.5) is 5.69 Å². The molecule has 0 radical (unpaired) electrons. The van der Waals surface area contributed by atoms with E-state index in [1.807, 2.05) is 43.5 Å². The average Bonchev–Trinajstić information content (AvgIpc) is 3.14. The number of hydrogen-bond donors (Lipinski definition) is 2. The van der Waals surface area contributed by atoms with Crippen molar-refractivity contribution in [2.75, 3.05) is 18.0 Å². The fraction of sp³-hybridized carbons (Fsp3) is 0.381. The van der Waals surface area contributed by atoms with Crippen molar-refractivity contribution in [1.82, 2.24) is 20.3 Å². The number of nitrogens with zero attached hydrogens (tertiary/aromatic N) is 3. The molecule has 0 unspecified atom stereocenters. The van der Waals surface area contributed by atoms with Crippen molar-refractivity contribution in [3.05, 3.63) is 54.1 Å². The van der Waals surface area contributed by atoms with Crippen molar-refractivity contribution in [1.29, 1.82) is 0 Å². The number of benzene rings is 1. The Bertz CT molecular complexity index is 964. The van der Waals surface area contributed by atoms with Crippen molar-refractivity contribution in [3.8, 4) is 0 Å². The summed E-state index contributed by atoms with van der Waals surface area (Å²) in [5.41, 5.74) is 4.22. The molecule has 1 aromatic carbocycles. The molecule has 2 N–H and O–H groups in total. The van der Waals surface area contributed by atoms with Gasteiger partial charge in [-0.15, -0.1) is 0 Å². The molecule has 2 aromatic heterocycles. The summed E-state index contributed by atoms with van der Waals surface area (Å²) >= 11 is 0. The number of carbonyl (C=O) groups excluding carboxylic acids is 1. The Kier molecular flexibility index (Phi) is 3.85. The second-order valence-corrected chi connectivity index (χ2v) is 7.68. The quantitative estimate of drug-likeness (QED) is 0.749. The molecule has 1 saturated heterocycles. The van der Waals surface area contributed by atoms with Gasteiger partial charge in [0.25, 0.3) is 0 Å². The minimum absolute atomic E-state index is 0.0442. The molecule has 1 amide bonds. The van der Waals surface area contributed by atoms with Gasteiger partial charge < -0.3 is 15.2 Å². The van der Waals surface area contributed by atoms with Crippen LogP contribution in [0.5, 0.6) is 0 Å². The average molecular weight is 361 g/mol. The van der Waals surface area contributed by atoms with E-state index in [0.29, 0.717) is 0 Å². The lowest BCUT2D eigenvalue weighted by Crippen LogP contribution is -2.38. The van der Waals surface area contributed by atoms with Crippen molar-refractivity contribution < 1.29 is 4.79 Å². The van der Waals surface area contributed by atoms with Crippen molar-refractivity contribution >= 4 is 22.6 Å². The zero-order chi connectivity index (χ0) is 18.4. The number of carbonyl (C=O) groups is 1. The van der Waals surface area contributed by atoms with Crippen molar-refractivity contribution in [2.24, 2.45) is 5.92 Å². The Morgan fingerprint density at radius 1 is 1.30 bits per heavy atom. The van der Waals surface area contributed by atoms with E-state index in [-0.39, 0.29) is 23.8 Å². The predicted molar refractivity (Wildman–Crippen MR) is 105 cm³/mol. The lowest BCUT2D eigenvalue weighted by molar-refractivity contribution is -0.123. The fourth-order valence-corrected chi connectivity index (χ4v) is 4.08. The Hall–Kier alpha value is -2.89. The number of aryl methyl sites for hydroxylation is 1. The maximum Gasteiger partial charge on any atom is 0.224 e. The molecule has 0 spiro atoms. The maximum atomic E-state index is 12.7. The second kappa shape index (κ2) is 6.37. The minimum atomic E-state index is 0.0442. The maximum absolute atomic E-state index is 12.7. The summed E-state index contributed by atoms with van der Waals surface area (Å²) in [5.74, 6) is 1.37. The van der Waals surface area contributed by atoms with E-state index in [9.17, 15) is 4.79 Å². The first-order valence-electron chi connectivity index (χ1n) is 9.60. The third kappa shape index (κ3) is 3.16. The lowest BCUT2D eigenvalue weighted by atomic mass is 10.2. The monoisotopic (exact) mass is 361 g/mol. The smallest absolute Gasteiger partial charge is 0.224 e. The zero-order valence-corrected chi connectivity index (χ0v) is 15.4. The number of imidazole rings is 1. The van der Waals surface area contributed by atoms with Gasteiger partial charge in [-0.1, -0.05) is 12.1 Å². The first-order chi connectivity index (χ1) is 13.2. The predicted octanol–water partition coefficient (Wildman–Crippen LogP) is 2.76. The molecule has 1 aliphatic carbocycles. The third-order valence-corrected chi connectivity index (χ3v) is 5.67. The van der Waals surface area contributed by atoms with Crippen LogP contribution in [0.1, 0.15) is 30.3 Å². The van der Waals surface area contributed by atoms with Gasteiger partial charge in [0.05, 0.1) is 11.0 Å². The highest BCUT2D eigenvalue weighted by atomic mass is 16.2. The number of pyridine rings is 1. The minimum Gasteiger partial charge on any atom is -0.369 e. The van der Waals surface area contributed by atoms with E-state index < -0.39 is 0 Å². The number of hydrogen-bond acceptors (Lipinski definition) is 4. The Labute approximate surface area is 158 Å². The highest BCUT2D eigenvalue weighted by Crippen LogP contribution is 2.46. The van der Waals surface area contributed by atoms with Gasteiger partial charge in [-0.3, -0.25) is 9.78 Å². The molecule has 27 heavy (non-hydrogen) atoms. The normalized spacial score (nSPS) is 24.3. The SMILES string of the molecule is Cc1cc(N2CC[C@@H](NC(=O)[C@H]3C[C@@H]3c3nc4ccccc4[nH]3)C2)ccn1. The van der Waals surface area contributed by atoms with Crippen LogP contribution in [-0.4, -0.2) is 40.0 Å². The Morgan fingerprint density at radius 2 is 2.19 bits per heavy atom. The standard InChI is InChI=1S/C21H23N5O/c1-13-10-15(6-8-22-13)26-9-7-14(12-26)23-21(27)17-11-16(17)20-24-18-4-2-3-5-19(18)25-20/h2-6,8,10,14,16-17H,7,9,11-12H2,1H3,(H,23,27)(H,24,25)/t14-,16+,17+/m1/s1. The van der Waals surface area contributed by atoms with Crippen molar-refractivity contribution in [2.45, 2.75) is 31.7 Å². The van der Waals surface area contributed by atoms with Gasteiger partial charge in [-0.2, -0.15) is 0 Å². The molecule has 3 heterocycles. The van der Waals surface area contributed by atoms with Gasteiger partial charge >= 0.3 is 0 Å². The first kappa shape index (κ1) is 16.3. The molecule has 3 atom stereocenters. The van der Waals surface area contributed by atoms with Gasteiger partial charge in [0.1, 0.15) is 5.82 Å². The fourth-order valence-electron chi connectivity index (χ4n) is 4.08. The van der Waals surface area contributed by atoms with E-state index in [1.54, 1.807) is 0 Å². The number of nitrogens with one attached hydrogen (secondary N) is 2. The summed E-state index contributed by atoms with van der Waals surface area (Å²) in [4.78, 5) is 27.3. The summed E-state index contributed by atoms with van der Waals surface area (Å²) < 4.78 is 0. The number of fused-ring (bicyclic) bond motifs is 1. The Balaban J connectivity index is 1.19. The molecule has 5 rings (SSSR count). The molecule has 2 fully saturated rings. The molecule has 2 aliphatic rings. The highest BCUT2D eigenvalue weighted by molar-refractivity contribution is 5.83. The van der Waals surface area contributed by atoms with Crippen LogP contribution in [0.15, 0.2) is 42.6 Å². The van der Waals surface area contributed by atoms with E-state index in [2.05, 4.69) is 31.2 Å². The molecule has 6 heteroatoms. The number of H-pyrrole nitrogens is 1. The second-order valence-electron chi connectivity index (χ2n) is 7.68. The van der Waals surface area contributed by atoms with E-state index >= 15 is 0 Å². The molecule has 1 aliphatic heterocycles. The number of aromatic amines is 1. The number of rotatable bonds is 4. The van der Waals surface area contributed by atoms with Crippen LogP contribution in [0.2, 0.25) is 0 Å². The first-order valence-corrected chi connectivity index (χ1v) is 9.60. The van der Waals surface area contributed by atoms with Crippen LogP contribution < -0.4 is 10.2 Å². The van der Waals surface area contributed by atoms with Crippen LogP contribution in [-0.2, 0) is 4.79 Å². The highest BCUT2D eigenvalue weighted by Gasteiger charge is 2.46. The zero-order valence-electron chi connectivity index (χ0n) is 15.4. The van der Waals surface area contributed by atoms with Crippen LogP contribution in [0, 0.1) is 12.8 Å². The number of amides is 1. The van der Waals surface area contributed by atoms with E-state index in [4.69, 9.17) is 0 Å². The number of aromatic nitrogens is 3. The summed E-state index contributed by atoms with van der Waals surface area (Å²) in [7, 11) is 0. The lowest BCUT2D eigenvalue weighted by Gasteiger charge is -2.19. The van der Waals surface area contributed by atoms with Gasteiger partial charge in [0.2, 0.25) is 5.91 Å². The van der Waals surface area contributed by atoms with E-state index in [0.717, 1.165) is 48.5 Å². The van der Waals surface area contributed by atoms with Gasteiger partial charge in [0.15, 0.2) is 0 Å². The summed E-state index contributed by atoms with van der Waals surface area (Å²) in [6.45, 7) is 3.83. The number of anilines is 1. The summed E-state index contributed by atoms with van der Waals surface area (Å²) in [5, 5.41) is 3.25. The molecular formula is C21H23N5O. The largest absolute Gasteiger partial charge is 0.369 e. The summed E-state index contributed by atoms with van der Waals surface area (Å²) in [6, 6.07) is 12.4. The molecule has 6 nitrogen and oxygen atoms in total. The van der Waals surface area contributed by atoms with Crippen LogP contribution in [0.25, 0.3) is 11.0 Å². The van der Waals surface area contributed by atoms with E-state index in [1.165, 1.54) is 5.69 Å². The topological polar surface area (TPSA) is 73.9 Å². The summed E-state index contributed by atoms with van der Waals surface area (Å²) in [6.07, 6.45) is 3.71. The van der Waals surface area contributed by atoms with Crippen molar-refractivity contribution in [3.63, 3.8) is 0 Å². The van der Waals surface area contributed by atoms with Crippen LogP contribution in [0.3, 0.4) is 0 Å². The van der Waals surface area contributed by atoms with Crippen LogP contribution >= 0.6 is 0 Å². The molecule has 3 aromatic rings. The third-order valence-electron chi connectivity index (χ3n) is 5.67. The van der Waals surface area contributed by atoms with Gasteiger partial charge in [0, 0.05) is 48.5 Å².